The zero-order valence-electron chi connectivity index (χ0n) is 18.6. The predicted molar refractivity (Wildman–Crippen MR) is 120 cm³/mol. The van der Waals surface area contributed by atoms with Gasteiger partial charge in [0.15, 0.2) is 6.61 Å². The number of likely N-dealkylation sites (N-methyl/N-ethyl adjacent to an activating group) is 1. The van der Waals surface area contributed by atoms with Crippen LogP contribution >= 0.6 is 11.6 Å². The number of fused-ring (bicyclic) bond motifs is 1. The van der Waals surface area contributed by atoms with Gasteiger partial charge in [-0.15, -0.1) is 0 Å². The number of nitrogens with one attached hydrogen (secondary N) is 1. The average Bonchev–Trinajstić information content (AvgIpc) is 3.02. The summed E-state index contributed by atoms with van der Waals surface area (Å²) in [5, 5.41) is 2.99. The molecule has 8 nitrogen and oxygen atoms in total. The number of carbonyl (C=O) groups is 4. The summed E-state index contributed by atoms with van der Waals surface area (Å²) < 4.78 is 5.51. The molecule has 0 radical (unpaired) electrons. The van der Waals surface area contributed by atoms with Crippen LogP contribution in [0.1, 0.15) is 46.0 Å². The molecule has 1 N–H and O–H groups in total. The van der Waals surface area contributed by atoms with Crippen LogP contribution in [0.2, 0.25) is 5.02 Å². The number of anilines is 1. The third-order valence-electron chi connectivity index (χ3n) is 6.18. The second-order valence-electron chi connectivity index (χ2n) is 8.12. The third kappa shape index (κ3) is 5.41. The Balaban J connectivity index is 1.50. The van der Waals surface area contributed by atoms with Gasteiger partial charge in [0.25, 0.3) is 5.91 Å². The highest BCUT2D eigenvalue weighted by atomic mass is 35.5. The minimum atomic E-state index is -0.318. The third-order valence-corrected chi connectivity index (χ3v) is 6.47. The second-order valence-corrected chi connectivity index (χ2v) is 8.53. The summed E-state index contributed by atoms with van der Waals surface area (Å²) in [4.78, 5) is 52.3. The van der Waals surface area contributed by atoms with E-state index in [1.54, 1.807) is 17.0 Å². The minimum absolute atomic E-state index is 0.0190. The van der Waals surface area contributed by atoms with Crippen LogP contribution < -0.4 is 10.1 Å². The van der Waals surface area contributed by atoms with Crippen LogP contribution in [0, 0.1) is 11.8 Å². The van der Waals surface area contributed by atoms with E-state index in [4.69, 9.17) is 16.3 Å². The van der Waals surface area contributed by atoms with Crippen LogP contribution in [0.3, 0.4) is 0 Å². The first-order chi connectivity index (χ1) is 15.3. The zero-order chi connectivity index (χ0) is 23.3. The molecule has 0 aromatic heterocycles. The smallest absolute Gasteiger partial charge is 0.260 e. The van der Waals surface area contributed by atoms with E-state index in [0.717, 1.165) is 25.7 Å². The van der Waals surface area contributed by atoms with Gasteiger partial charge < -0.3 is 15.0 Å². The first-order valence-electron chi connectivity index (χ1n) is 11.2. The summed E-state index contributed by atoms with van der Waals surface area (Å²) in [6.07, 6.45) is 3.47. The summed E-state index contributed by atoms with van der Waals surface area (Å²) in [5.41, 5.74) is 0.468. The van der Waals surface area contributed by atoms with Gasteiger partial charge >= 0.3 is 0 Å². The topological polar surface area (TPSA) is 96.0 Å². The van der Waals surface area contributed by atoms with E-state index in [-0.39, 0.29) is 60.1 Å². The molecular formula is C23H30ClN3O5. The predicted octanol–water partition coefficient (Wildman–Crippen LogP) is 3.09. The fraction of sp³-hybridized carbons (Fsp3) is 0.565. The standard InChI is InChI=1S/C23H30ClN3O5/c1-3-26(4-2)21(29)14-32-19-10-9-15(13-18(19)24)25-20(28)11-12-27-22(30)16-7-5-6-8-17(16)23(27)31/h9-10,13,16-17H,3-8,11-12,14H2,1-2H3,(H,25,28). The Labute approximate surface area is 193 Å². The number of halogens is 1. The fourth-order valence-electron chi connectivity index (χ4n) is 4.39. The molecule has 1 aliphatic heterocycles. The summed E-state index contributed by atoms with van der Waals surface area (Å²) in [6, 6.07) is 4.75. The molecule has 1 aliphatic carbocycles. The average molecular weight is 464 g/mol. The van der Waals surface area contributed by atoms with Crippen LogP contribution in [-0.2, 0) is 19.2 Å². The van der Waals surface area contributed by atoms with Gasteiger partial charge in [0.05, 0.1) is 16.9 Å². The number of imide groups is 1. The molecule has 3 rings (SSSR count). The summed E-state index contributed by atoms with van der Waals surface area (Å²) in [7, 11) is 0. The van der Waals surface area contributed by atoms with Crippen LogP contribution in [0.25, 0.3) is 0 Å². The molecule has 1 heterocycles. The molecule has 1 aromatic carbocycles. The number of nitrogens with zero attached hydrogens (tertiary/aromatic N) is 2. The molecule has 1 aromatic rings. The van der Waals surface area contributed by atoms with Gasteiger partial charge in [0.1, 0.15) is 5.75 Å². The van der Waals surface area contributed by atoms with Gasteiger partial charge in [0.2, 0.25) is 17.7 Å². The quantitative estimate of drug-likeness (QED) is 0.568. The summed E-state index contributed by atoms with van der Waals surface area (Å²) >= 11 is 6.23. The van der Waals surface area contributed by atoms with Gasteiger partial charge in [-0.05, 0) is 44.9 Å². The molecule has 1 saturated carbocycles. The first-order valence-corrected chi connectivity index (χ1v) is 11.6. The van der Waals surface area contributed by atoms with Gasteiger partial charge in [0, 0.05) is 31.7 Å². The monoisotopic (exact) mass is 463 g/mol. The highest BCUT2D eigenvalue weighted by Crippen LogP contribution is 2.38. The van der Waals surface area contributed by atoms with Crippen molar-refractivity contribution >= 4 is 40.9 Å². The van der Waals surface area contributed by atoms with E-state index in [1.807, 2.05) is 13.8 Å². The van der Waals surface area contributed by atoms with Crippen molar-refractivity contribution in [1.29, 1.82) is 0 Å². The lowest BCUT2D eigenvalue weighted by Gasteiger charge is -2.19. The van der Waals surface area contributed by atoms with Crippen molar-refractivity contribution in [3.63, 3.8) is 0 Å². The number of likely N-dealkylation sites (tertiary alicyclic amines) is 1. The zero-order valence-corrected chi connectivity index (χ0v) is 19.3. The largest absolute Gasteiger partial charge is 0.482 e. The second kappa shape index (κ2) is 10.8. The van der Waals surface area contributed by atoms with Crippen molar-refractivity contribution in [3.8, 4) is 5.75 Å². The van der Waals surface area contributed by atoms with Crippen molar-refractivity contribution in [2.45, 2.75) is 46.0 Å². The summed E-state index contributed by atoms with van der Waals surface area (Å²) in [5.74, 6) is -0.802. The van der Waals surface area contributed by atoms with E-state index in [0.29, 0.717) is 24.5 Å². The summed E-state index contributed by atoms with van der Waals surface area (Å²) in [6.45, 7) is 4.97. The molecule has 1 saturated heterocycles. The number of hydrogen-bond donors (Lipinski definition) is 1. The Morgan fingerprint density at radius 1 is 1.12 bits per heavy atom. The lowest BCUT2D eigenvalue weighted by Crippen LogP contribution is -2.34. The Morgan fingerprint density at radius 3 is 2.31 bits per heavy atom. The molecule has 0 bridgehead atoms. The maximum absolute atomic E-state index is 12.5. The number of benzene rings is 1. The molecule has 4 amide bonds. The maximum atomic E-state index is 12.5. The highest BCUT2D eigenvalue weighted by Gasteiger charge is 2.47. The molecular weight excluding hydrogens is 434 g/mol. The van der Waals surface area contributed by atoms with E-state index >= 15 is 0 Å². The van der Waals surface area contributed by atoms with Crippen molar-refractivity contribution in [1.82, 2.24) is 9.80 Å². The molecule has 2 unspecified atom stereocenters. The van der Waals surface area contributed by atoms with Crippen LogP contribution in [0.5, 0.6) is 5.75 Å². The molecule has 32 heavy (non-hydrogen) atoms. The van der Waals surface area contributed by atoms with Crippen LogP contribution in [0.4, 0.5) is 5.69 Å². The van der Waals surface area contributed by atoms with E-state index in [1.165, 1.54) is 11.0 Å². The highest BCUT2D eigenvalue weighted by molar-refractivity contribution is 6.32. The Bertz CT molecular complexity index is 862. The number of amides is 4. The normalized spacial score (nSPS) is 20.2. The Kier molecular flexibility index (Phi) is 8.12. The first kappa shape index (κ1) is 24.0. The maximum Gasteiger partial charge on any atom is 0.260 e. The van der Waals surface area contributed by atoms with Gasteiger partial charge in [-0.2, -0.15) is 0 Å². The van der Waals surface area contributed by atoms with Crippen LogP contribution in [-0.4, -0.2) is 59.7 Å². The van der Waals surface area contributed by atoms with Crippen molar-refractivity contribution in [2.24, 2.45) is 11.8 Å². The fourth-order valence-corrected chi connectivity index (χ4v) is 4.63. The van der Waals surface area contributed by atoms with Gasteiger partial charge in [-0.1, -0.05) is 24.4 Å². The molecule has 2 fully saturated rings. The molecule has 0 spiro atoms. The van der Waals surface area contributed by atoms with Crippen molar-refractivity contribution in [3.05, 3.63) is 23.2 Å². The number of rotatable bonds is 9. The lowest BCUT2D eigenvalue weighted by molar-refractivity contribution is -0.140. The SMILES string of the molecule is CCN(CC)C(=O)COc1ccc(NC(=O)CCN2C(=O)C3CCCCC3C2=O)cc1Cl. The van der Waals surface area contributed by atoms with Crippen molar-refractivity contribution in [2.75, 3.05) is 31.6 Å². The molecule has 2 atom stereocenters. The molecule has 9 heteroatoms. The lowest BCUT2D eigenvalue weighted by atomic mass is 9.81. The van der Waals surface area contributed by atoms with Crippen LogP contribution in [0.15, 0.2) is 18.2 Å². The van der Waals surface area contributed by atoms with E-state index in [9.17, 15) is 19.2 Å². The van der Waals surface area contributed by atoms with Crippen molar-refractivity contribution < 1.29 is 23.9 Å². The van der Waals surface area contributed by atoms with E-state index in [2.05, 4.69) is 5.32 Å². The number of carbonyl (C=O) groups excluding carboxylic acids is 4. The molecule has 2 aliphatic rings. The Hall–Kier alpha value is -2.61. The number of hydrogen-bond acceptors (Lipinski definition) is 5. The Morgan fingerprint density at radius 2 is 1.75 bits per heavy atom. The van der Waals surface area contributed by atoms with Gasteiger partial charge in [-0.25, -0.2) is 0 Å². The molecule has 174 valence electrons. The van der Waals surface area contributed by atoms with E-state index < -0.39 is 0 Å². The van der Waals surface area contributed by atoms with Gasteiger partial charge in [-0.3, -0.25) is 24.1 Å². The number of ether oxygens (including phenoxy) is 1. The minimum Gasteiger partial charge on any atom is -0.482 e.